The van der Waals surface area contributed by atoms with Gasteiger partial charge in [0.2, 0.25) is 23.6 Å². The first-order valence-corrected chi connectivity index (χ1v) is 10.8. The number of carboxylic acids is 3. The van der Waals surface area contributed by atoms with E-state index in [9.17, 15) is 38.7 Å². The monoisotopic (exact) mass is 519 g/mol. The van der Waals surface area contributed by atoms with Crippen LogP contribution in [0, 0.1) is 5.92 Å². The highest BCUT2D eigenvalue weighted by atomic mass is 16.4. The lowest BCUT2D eigenvalue weighted by Gasteiger charge is -2.27. The van der Waals surface area contributed by atoms with Crippen molar-refractivity contribution in [3.8, 4) is 0 Å². The molecule has 0 unspecified atom stereocenters. The number of hydrogen-bond acceptors (Lipinski definition) is 9. The molecule has 0 rings (SSSR count). The summed E-state index contributed by atoms with van der Waals surface area (Å²) in [6.07, 6.45) is -3.45. The van der Waals surface area contributed by atoms with Gasteiger partial charge in [0.1, 0.15) is 24.7 Å². The first-order valence-electron chi connectivity index (χ1n) is 10.8. The van der Waals surface area contributed by atoms with Gasteiger partial charge in [-0.05, 0) is 19.3 Å². The van der Waals surface area contributed by atoms with E-state index < -0.39 is 91.2 Å². The summed E-state index contributed by atoms with van der Waals surface area (Å²) < 4.78 is 0. The van der Waals surface area contributed by atoms with Gasteiger partial charge in [-0.3, -0.25) is 33.6 Å². The first kappa shape index (κ1) is 32.2. The smallest absolute Gasteiger partial charge is 0.322 e. The van der Waals surface area contributed by atoms with Crippen LogP contribution in [0.25, 0.3) is 0 Å². The Morgan fingerprint density at radius 2 is 1.28 bits per heavy atom. The highest BCUT2D eigenvalue weighted by Crippen LogP contribution is 2.05. The SMILES string of the molecule is CC(C)[C@H](N)C(=O)N[C@@H](CCC(=O)O)C(=O)N[C@H](C(=O)N[C@@H](CC(=O)O)C(=O)NCC(=O)O)[C@@H](C)O. The molecule has 0 saturated heterocycles. The third-order valence-electron chi connectivity index (χ3n) is 4.79. The Hall–Kier alpha value is -3.79. The predicted octanol–water partition coefficient (Wildman–Crippen LogP) is -3.65. The van der Waals surface area contributed by atoms with Crippen LogP contribution in [0.2, 0.25) is 0 Å². The Labute approximate surface area is 206 Å². The highest BCUT2D eigenvalue weighted by molar-refractivity contribution is 5.96. The maximum atomic E-state index is 12.8. The Kier molecular flexibility index (Phi) is 13.6. The summed E-state index contributed by atoms with van der Waals surface area (Å²) in [6, 6.07) is -5.99. The Morgan fingerprint density at radius 3 is 1.72 bits per heavy atom. The molecule has 4 amide bonds. The summed E-state index contributed by atoms with van der Waals surface area (Å²) in [5.41, 5.74) is 5.74. The molecule has 0 radical (unpaired) electrons. The summed E-state index contributed by atoms with van der Waals surface area (Å²) >= 11 is 0. The van der Waals surface area contributed by atoms with E-state index in [1.54, 1.807) is 13.8 Å². The van der Waals surface area contributed by atoms with E-state index in [-0.39, 0.29) is 12.3 Å². The Morgan fingerprint density at radius 1 is 0.722 bits per heavy atom. The zero-order valence-corrected chi connectivity index (χ0v) is 20.0. The fourth-order valence-corrected chi connectivity index (χ4v) is 2.70. The molecule has 16 nitrogen and oxygen atoms in total. The van der Waals surface area contributed by atoms with Crippen molar-refractivity contribution in [1.82, 2.24) is 21.3 Å². The molecule has 0 saturated carbocycles. The van der Waals surface area contributed by atoms with E-state index in [0.717, 1.165) is 6.92 Å². The molecule has 0 aromatic rings. The van der Waals surface area contributed by atoms with Crippen LogP contribution in [0.4, 0.5) is 0 Å². The minimum Gasteiger partial charge on any atom is -0.481 e. The van der Waals surface area contributed by atoms with Crippen molar-refractivity contribution in [2.24, 2.45) is 11.7 Å². The number of carbonyl (C=O) groups excluding carboxylic acids is 4. The molecule has 0 aliphatic heterocycles. The molecular weight excluding hydrogens is 486 g/mol. The van der Waals surface area contributed by atoms with Crippen molar-refractivity contribution in [3.05, 3.63) is 0 Å². The maximum Gasteiger partial charge on any atom is 0.322 e. The summed E-state index contributed by atoms with van der Waals surface area (Å²) in [5.74, 6) is -8.68. The second-order valence-electron chi connectivity index (χ2n) is 8.26. The highest BCUT2D eigenvalue weighted by Gasteiger charge is 2.34. The van der Waals surface area contributed by atoms with Crippen LogP contribution < -0.4 is 27.0 Å². The summed E-state index contributed by atoms with van der Waals surface area (Å²) in [5, 5.41) is 45.0. The largest absolute Gasteiger partial charge is 0.481 e. The van der Waals surface area contributed by atoms with Crippen molar-refractivity contribution < 1.29 is 54.0 Å². The second kappa shape index (κ2) is 15.3. The van der Waals surface area contributed by atoms with Crippen LogP contribution >= 0.6 is 0 Å². The van der Waals surface area contributed by atoms with Gasteiger partial charge in [0, 0.05) is 6.42 Å². The summed E-state index contributed by atoms with van der Waals surface area (Å²) in [6.45, 7) is 3.53. The Balaban J connectivity index is 5.65. The Bertz CT molecular complexity index is 846. The lowest BCUT2D eigenvalue weighted by molar-refractivity contribution is -0.142. The van der Waals surface area contributed by atoms with Gasteiger partial charge in [-0.2, -0.15) is 0 Å². The average molecular weight is 520 g/mol. The molecular formula is C20H33N5O11. The van der Waals surface area contributed by atoms with Crippen LogP contribution in [0.15, 0.2) is 0 Å². The van der Waals surface area contributed by atoms with E-state index in [2.05, 4.69) is 10.6 Å². The quantitative estimate of drug-likeness (QED) is 0.0954. The van der Waals surface area contributed by atoms with Crippen LogP contribution in [0.3, 0.4) is 0 Å². The fraction of sp³-hybridized carbons (Fsp3) is 0.650. The minimum atomic E-state index is -1.76. The van der Waals surface area contributed by atoms with E-state index in [1.165, 1.54) is 0 Å². The lowest BCUT2D eigenvalue weighted by atomic mass is 10.0. The van der Waals surface area contributed by atoms with Crippen LogP contribution in [0.5, 0.6) is 0 Å². The van der Waals surface area contributed by atoms with E-state index in [0.29, 0.717) is 0 Å². The fourth-order valence-electron chi connectivity index (χ4n) is 2.70. The zero-order chi connectivity index (χ0) is 28.2. The van der Waals surface area contributed by atoms with Crippen LogP contribution in [-0.2, 0) is 33.6 Å². The van der Waals surface area contributed by atoms with Crippen molar-refractivity contribution in [3.63, 3.8) is 0 Å². The van der Waals surface area contributed by atoms with E-state index >= 15 is 0 Å². The number of aliphatic hydroxyl groups is 1. The lowest BCUT2D eigenvalue weighted by Crippen LogP contribution is -2.60. The zero-order valence-electron chi connectivity index (χ0n) is 20.0. The number of rotatable bonds is 16. The number of carboxylic acid groups (broad SMARTS) is 3. The standard InChI is InChI=1S/C20H33N5O11/c1-8(2)15(21)19(35)23-10(4-5-12(27)28)18(34)25-16(9(3)26)20(36)24-11(6-13(29)30)17(33)22-7-14(31)32/h8-11,15-16,26H,4-7,21H2,1-3H3,(H,22,33)(H,23,35)(H,24,36)(H,25,34)(H,27,28)(H,29,30)(H,31,32)/t9-,10+,11+,15+,16+/m1/s1. The number of nitrogens with one attached hydrogen (secondary N) is 4. The van der Waals surface area contributed by atoms with Gasteiger partial charge in [0.25, 0.3) is 0 Å². The minimum absolute atomic E-state index is 0.317. The van der Waals surface area contributed by atoms with Crippen molar-refractivity contribution in [2.45, 2.75) is 70.3 Å². The van der Waals surface area contributed by atoms with Gasteiger partial charge in [0.05, 0.1) is 18.6 Å². The van der Waals surface area contributed by atoms with Gasteiger partial charge in [0.15, 0.2) is 0 Å². The molecule has 5 atom stereocenters. The molecule has 10 N–H and O–H groups in total. The molecule has 0 aliphatic carbocycles. The number of nitrogens with two attached hydrogens (primary N) is 1. The molecule has 16 heteroatoms. The van der Waals surface area contributed by atoms with Gasteiger partial charge in [-0.25, -0.2) is 0 Å². The third kappa shape index (κ3) is 12.1. The number of aliphatic carboxylic acids is 3. The average Bonchev–Trinajstić information content (AvgIpc) is 2.76. The topological polar surface area (TPSA) is 275 Å². The number of hydrogen-bond donors (Lipinski definition) is 9. The van der Waals surface area contributed by atoms with Gasteiger partial charge in [-0.15, -0.1) is 0 Å². The van der Waals surface area contributed by atoms with Crippen LogP contribution in [-0.4, -0.2) is 98.8 Å². The summed E-state index contributed by atoms with van der Waals surface area (Å²) in [4.78, 5) is 82.6. The summed E-state index contributed by atoms with van der Waals surface area (Å²) in [7, 11) is 0. The van der Waals surface area contributed by atoms with Crippen molar-refractivity contribution in [2.75, 3.05) is 6.54 Å². The first-order chi connectivity index (χ1) is 16.6. The maximum absolute atomic E-state index is 12.8. The normalized spacial score (nSPS) is 14.9. The van der Waals surface area contributed by atoms with Crippen molar-refractivity contribution >= 4 is 41.5 Å². The van der Waals surface area contributed by atoms with Crippen LogP contribution in [0.1, 0.15) is 40.0 Å². The molecule has 0 fully saturated rings. The molecule has 36 heavy (non-hydrogen) atoms. The van der Waals surface area contributed by atoms with Gasteiger partial charge >= 0.3 is 17.9 Å². The molecule has 0 aliphatic rings. The van der Waals surface area contributed by atoms with Gasteiger partial charge in [-0.1, -0.05) is 13.8 Å². The van der Waals surface area contributed by atoms with Gasteiger partial charge < -0.3 is 47.4 Å². The number of carbonyl (C=O) groups is 7. The molecule has 0 aromatic heterocycles. The molecule has 0 bridgehead atoms. The third-order valence-corrected chi connectivity index (χ3v) is 4.79. The number of amides is 4. The second-order valence-corrected chi connectivity index (χ2v) is 8.26. The van der Waals surface area contributed by atoms with E-state index in [1.807, 2.05) is 10.6 Å². The molecule has 0 heterocycles. The number of aliphatic hydroxyl groups excluding tert-OH is 1. The van der Waals surface area contributed by atoms with Crippen molar-refractivity contribution in [1.29, 1.82) is 0 Å². The predicted molar refractivity (Wildman–Crippen MR) is 120 cm³/mol. The molecule has 0 spiro atoms. The molecule has 0 aromatic carbocycles. The van der Waals surface area contributed by atoms with E-state index in [4.69, 9.17) is 21.1 Å². The molecule has 204 valence electrons.